The number of halogens is 1. The number of aromatic nitrogens is 2. The van der Waals surface area contributed by atoms with Crippen LogP contribution in [0.4, 0.5) is 10.1 Å². The predicted molar refractivity (Wildman–Crippen MR) is 120 cm³/mol. The summed E-state index contributed by atoms with van der Waals surface area (Å²) in [5, 5.41) is 0.509. The van der Waals surface area contributed by atoms with E-state index in [2.05, 4.69) is 9.88 Å². The topological polar surface area (TPSA) is 58.4 Å². The molecule has 1 fully saturated rings. The third-order valence-corrected chi connectivity index (χ3v) is 6.10. The van der Waals surface area contributed by atoms with E-state index in [1.54, 1.807) is 19.1 Å². The monoisotopic (exact) mass is 438 g/mol. The fraction of sp³-hybridized carbons (Fsp3) is 0.261. The molecule has 0 unspecified atom stereocenters. The van der Waals surface area contributed by atoms with Crippen molar-refractivity contribution in [1.82, 2.24) is 14.5 Å². The summed E-state index contributed by atoms with van der Waals surface area (Å²) in [6.07, 6.45) is 0. The lowest BCUT2D eigenvalue weighted by Crippen LogP contribution is -2.49. The smallest absolute Gasteiger partial charge is 0.258 e. The Hall–Kier alpha value is -3.13. The van der Waals surface area contributed by atoms with Gasteiger partial charge in [0, 0.05) is 43.6 Å². The van der Waals surface area contributed by atoms with Crippen LogP contribution in [0.1, 0.15) is 5.69 Å². The summed E-state index contributed by atoms with van der Waals surface area (Å²) in [6.45, 7) is 4.36. The van der Waals surface area contributed by atoms with Gasteiger partial charge in [-0.2, -0.15) is 0 Å². The third-order valence-electron chi connectivity index (χ3n) is 5.18. The van der Waals surface area contributed by atoms with E-state index in [-0.39, 0.29) is 23.0 Å². The fourth-order valence-corrected chi connectivity index (χ4v) is 4.53. The Morgan fingerprint density at radius 3 is 2.35 bits per heavy atom. The molecule has 2 aromatic carbocycles. The zero-order chi connectivity index (χ0) is 21.8. The highest BCUT2D eigenvalue weighted by Crippen LogP contribution is 2.21. The lowest BCUT2D eigenvalue weighted by Gasteiger charge is -2.36. The second-order valence-electron chi connectivity index (χ2n) is 7.32. The standard InChI is InChI=1S/C23H23FN4O2S/c1-17-15-21(29)28(20-5-3-2-4-6-20)23(25-17)31-16-22(30)27-13-11-26(12-14-27)19-9-7-18(24)8-10-19/h2-10,15H,11-14,16H2,1H3. The van der Waals surface area contributed by atoms with Crippen LogP contribution in [0.25, 0.3) is 5.69 Å². The molecule has 0 saturated carbocycles. The minimum atomic E-state index is -0.256. The van der Waals surface area contributed by atoms with E-state index in [0.717, 1.165) is 11.4 Å². The zero-order valence-electron chi connectivity index (χ0n) is 17.2. The molecular formula is C23H23FN4O2S. The van der Waals surface area contributed by atoms with E-state index in [4.69, 9.17) is 0 Å². The number of benzene rings is 2. The number of nitrogens with zero attached hydrogens (tertiary/aromatic N) is 4. The molecule has 0 atom stereocenters. The SMILES string of the molecule is Cc1cc(=O)n(-c2ccccc2)c(SCC(=O)N2CCN(c3ccc(F)cc3)CC2)n1. The van der Waals surface area contributed by atoms with Gasteiger partial charge in [0.1, 0.15) is 5.82 Å². The summed E-state index contributed by atoms with van der Waals surface area (Å²) in [6, 6.07) is 17.2. The number of para-hydroxylation sites is 1. The molecule has 1 amide bonds. The molecule has 1 aliphatic heterocycles. The van der Waals surface area contributed by atoms with Gasteiger partial charge in [-0.25, -0.2) is 9.37 Å². The first kappa shape index (κ1) is 21.1. The predicted octanol–water partition coefficient (Wildman–Crippen LogP) is 3.12. The second kappa shape index (κ2) is 9.34. The highest BCUT2D eigenvalue weighted by atomic mass is 32.2. The van der Waals surface area contributed by atoms with Crippen LogP contribution in [-0.2, 0) is 4.79 Å². The van der Waals surface area contributed by atoms with Crippen LogP contribution >= 0.6 is 11.8 Å². The summed E-state index contributed by atoms with van der Waals surface area (Å²) >= 11 is 1.28. The van der Waals surface area contributed by atoms with Crippen molar-refractivity contribution in [3.8, 4) is 5.69 Å². The first-order valence-electron chi connectivity index (χ1n) is 10.1. The molecule has 3 aromatic rings. The van der Waals surface area contributed by atoms with Crippen LogP contribution in [0.5, 0.6) is 0 Å². The van der Waals surface area contributed by atoms with Crippen molar-refractivity contribution in [3.63, 3.8) is 0 Å². The molecule has 1 saturated heterocycles. The number of thioether (sulfide) groups is 1. The quantitative estimate of drug-likeness (QED) is 0.453. The number of amides is 1. The van der Waals surface area contributed by atoms with Crippen LogP contribution in [0.15, 0.2) is 70.6 Å². The van der Waals surface area contributed by atoms with E-state index < -0.39 is 0 Å². The number of hydrogen-bond donors (Lipinski definition) is 0. The van der Waals surface area contributed by atoms with Gasteiger partial charge in [-0.15, -0.1) is 0 Å². The Morgan fingerprint density at radius 2 is 1.68 bits per heavy atom. The number of rotatable bonds is 5. The Balaban J connectivity index is 1.41. The van der Waals surface area contributed by atoms with Gasteiger partial charge in [0.05, 0.1) is 11.4 Å². The number of piperazine rings is 1. The van der Waals surface area contributed by atoms with E-state index in [1.807, 2.05) is 35.2 Å². The van der Waals surface area contributed by atoms with Crippen LogP contribution in [-0.4, -0.2) is 52.3 Å². The molecule has 1 aromatic heterocycles. The maximum absolute atomic E-state index is 13.1. The van der Waals surface area contributed by atoms with Gasteiger partial charge >= 0.3 is 0 Å². The Morgan fingerprint density at radius 1 is 1.00 bits per heavy atom. The van der Waals surface area contributed by atoms with Gasteiger partial charge in [0.25, 0.3) is 5.56 Å². The van der Waals surface area contributed by atoms with Crippen molar-refractivity contribution >= 4 is 23.4 Å². The van der Waals surface area contributed by atoms with Crippen molar-refractivity contribution in [1.29, 1.82) is 0 Å². The van der Waals surface area contributed by atoms with E-state index in [9.17, 15) is 14.0 Å². The molecule has 1 aliphatic rings. The third kappa shape index (κ3) is 4.96. The summed E-state index contributed by atoms with van der Waals surface area (Å²) in [7, 11) is 0. The molecule has 4 rings (SSSR count). The number of hydrogen-bond acceptors (Lipinski definition) is 5. The van der Waals surface area contributed by atoms with Gasteiger partial charge in [0.15, 0.2) is 5.16 Å². The van der Waals surface area contributed by atoms with Crippen molar-refractivity contribution < 1.29 is 9.18 Å². The molecule has 0 N–H and O–H groups in total. The fourth-order valence-electron chi connectivity index (χ4n) is 3.57. The van der Waals surface area contributed by atoms with Crippen molar-refractivity contribution in [2.45, 2.75) is 12.1 Å². The molecule has 2 heterocycles. The molecule has 0 radical (unpaired) electrons. The summed E-state index contributed by atoms with van der Waals surface area (Å²) in [5.41, 5.74) is 2.14. The molecular weight excluding hydrogens is 415 g/mol. The van der Waals surface area contributed by atoms with Gasteiger partial charge in [-0.1, -0.05) is 30.0 Å². The average molecular weight is 439 g/mol. The molecule has 8 heteroatoms. The minimum Gasteiger partial charge on any atom is -0.368 e. The van der Waals surface area contributed by atoms with Crippen LogP contribution < -0.4 is 10.5 Å². The van der Waals surface area contributed by atoms with Crippen LogP contribution in [0.3, 0.4) is 0 Å². The maximum atomic E-state index is 13.1. The first-order valence-corrected chi connectivity index (χ1v) is 11.1. The van der Waals surface area contributed by atoms with Crippen LogP contribution in [0, 0.1) is 12.7 Å². The lowest BCUT2D eigenvalue weighted by molar-refractivity contribution is -0.128. The lowest BCUT2D eigenvalue weighted by atomic mass is 10.2. The highest BCUT2D eigenvalue weighted by molar-refractivity contribution is 7.99. The van der Waals surface area contributed by atoms with Crippen molar-refractivity contribution in [2.75, 3.05) is 36.8 Å². The second-order valence-corrected chi connectivity index (χ2v) is 8.26. The van der Waals surface area contributed by atoms with Gasteiger partial charge in [-0.05, 0) is 43.3 Å². The van der Waals surface area contributed by atoms with Gasteiger partial charge in [0.2, 0.25) is 5.91 Å². The Kier molecular flexibility index (Phi) is 6.36. The Bertz CT molecular complexity index is 1110. The van der Waals surface area contributed by atoms with Gasteiger partial charge < -0.3 is 9.80 Å². The molecule has 160 valence electrons. The van der Waals surface area contributed by atoms with Crippen molar-refractivity contribution in [2.24, 2.45) is 0 Å². The number of anilines is 1. The largest absolute Gasteiger partial charge is 0.368 e. The van der Waals surface area contributed by atoms with E-state index >= 15 is 0 Å². The molecule has 0 aliphatic carbocycles. The summed E-state index contributed by atoms with van der Waals surface area (Å²) in [4.78, 5) is 33.9. The zero-order valence-corrected chi connectivity index (χ0v) is 18.0. The Labute approximate surface area is 184 Å². The summed E-state index contributed by atoms with van der Waals surface area (Å²) < 4.78 is 14.7. The van der Waals surface area contributed by atoms with Crippen molar-refractivity contribution in [3.05, 3.63) is 82.5 Å². The summed E-state index contributed by atoms with van der Waals surface area (Å²) in [5.74, 6) is -0.0355. The maximum Gasteiger partial charge on any atom is 0.258 e. The number of aryl methyl sites for hydroxylation is 1. The molecule has 0 bridgehead atoms. The molecule has 31 heavy (non-hydrogen) atoms. The minimum absolute atomic E-state index is 0.0131. The van der Waals surface area contributed by atoms with E-state index in [0.29, 0.717) is 37.0 Å². The highest BCUT2D eigenvalue weighted by Gasteiger charge is 2.22. The van der Waals surface area contributed by atoms with Crippen LogP contribution in [0.2, 0.25) is 0 Å². The van der Waals surface area contributed by atoms with E-state index in [1.165, 1.54) is 34.5 Å². The van der Waals surface area contributed by atoms with Gasteiger partial charge in [-0.3, -0.25) is 14.2 Å². The molecule has 0 spiro atoms. The first-order chi connectivity index (χ1) is 15.0. The normalized spacial score (nSPS) is 14.0. The number of carbonyl (C=O) groups excluding carboxylic acids is 1. The average Bonchev–Trinajstić information content (AvgIpc) is 2.78. The molecule has 6 nitrogen and oxygen atoms in total. The number of carbonyl (C=O) groups is 1.